The number of piperidine rings is 1. The Labute approximate surface area is 219 Å². The average Bonchev–Trinajstić information content (AvgIpc) is 2.85. The number of benzene rings is 1. The van der Waals surface area contributed by atoms with Crippen molar-refractivity contribution in [1.82, 2.24) is 10.3 Å². The van der Waals surface area contributed by atoms with Crippen LogP contribution in [0.1, 0.15) is 50.3 Å². The number of nitrogens with zero attached hydrogens (tertiary/aromatic N) is 5. The fourth-order valence-corrected chi connectivity index (χ4v) is 5.83. The second-order valence-corrected chi connectivity index (χ2v) is 12.3. The van der Waals surface area contributed by atoms with Crippen LogP contribution in [-0.4, -0.2) is 51.9 Å². The molecule has 0 spiro atoms. The van der Waals surface area contributed by atoms with Gasteiger partial charge in [0, 0.05) is 38.0 Å². The van der Waals surface area contributed by atoms with E-state index in [9.17, 15) is 13.7 Å². The van der Waals surface area contributed by atoms with Crippen LogP contribution in [0.3, 0.4) is 0 Å². The third-order valence-electron chi connectivity index (χ3n) is 6.33. The smallest absolute Gasteiger partial charge is 0.232 e. The lowest BCUT2D eigenvalue weighted by molar-refractivity contribution is 0.386. The third kappa shape index (κ3) is 6.50. The zero-order valence-corrected chi connectivity index (χ0v) is 23.2. The summed E-state index contributed by atoms with van der Waals surface area (Å²) in [5.41, 5.74) is 3.30. The number of rotatable bonds is 9. The summed E-state index contributed by atoms with van der Waals surface area (Å²) in [6, 6.07) is 10.5. The Bertz CT molecular complexity index is 1260. The monoisotopic (exact) mass is 526 g/mol. The molecule has 192 valence electrons. The third-order valence-corrected chi connectivity index (χ3v) is 8.59. The fourth-order valence-electron chi connectivity index (χ4n) is 4.36. The van der Waals surface area contributed by atoms with Gasteiger partial charge in [-0.05, 0) is 42.5 Å². The summed E-state index contributed by atoms with van der Waals surface area (Å²) >= 11 is 1.47. The summed E-state index contributed by atoms with van der Waals surface area (Å²) < 4.78 is 24.8. The minimum absolute atomic E-state index is 0.434. The van der Waals surface area contributed by atoms with Gasteiger partial charge in [-0.25, -0.2) is 18.2 Å². The topological polar surface area (TPSA) is 93.7 Å². The molecule has 0 aliphatic carbocycles. The SMILES string of the molecule is [C-]#[N+]c1c(N2CCC(NC(C)C)CC2)nc(SCc2ccc(N(C)S(C)(=O)=O)cc2)c(C#N)c1CC. The fraction of sp³-hybridized carbons (Fsp3) is 0.500. The van der Waals surface area contributed by atoms with Crippen LogP contribution in [0.4, 0.5) is 17.2 Å². The Morgan fingerprint density at radius 3 is 2.44 bits per heavy atom. The maximum absolute atomic E-state index is 11.8. The molecule has 2 heterocycles. The van der Waals surface area contributed by atoms with E-state index in [1.165, 1.54) is 29.4 Å². The summed E-state index contributed by atoms with van der Waals surface area (Å²) in [5, 5.41) is 14.2. The number of thioether (sulfide) groups is 1. The van der Waals surface area contributed by atoms with Crippen LogP contribution in [0.5, 0.6) is 0 Å². The molecule has 3 rings (SSSR count). The van der Waals surface area contributed by atoms with Crippen molar-refractivity contribution in [3.8, 4) is 6.07 Å². The Morgan fingerprint density at radius 1 is 1.31 bits per heavy atom. The van der Waals surface area contributed by atoms with Crippen LogP contribution in [0.2, 0.25) is 0 Å². The molecule has 0 amide bonds. The van der Waals surface area contributed by atoms with Gasteiger partial charge in [-0.1, -0.05) is 32.9 Å². The van der Waals surface area contributed by atoms with Gasteiger partial charge in [0.1, 0.15) is 16.9 Å². The predicted molar refractivity (Wildman–Crippen MR) is 147 cm³/mol. The molecule has 1 aliphatic rings. The van der Waals surface area contributed by atoms with Gasteiger partial charge in [0.25, 0.3) is 0 Å². The molecule has 2 aromatic rings. The molecule has 0 unspecified atom stereocenters. The molecule has 0 bridgehead atoms. The van der Waals surface area contributed by atoms with Crippen molar-refractivity contribution in [2.45, 2.75) is 62.9 Å². The summed E-state index contributed by atoms with van der Waals surface area (Å²) in [6.07, 6.45) is 3.72. The van der Waals surface area contributed by atoms with Gasteiger partial charge in [-0.2, -0.15) is 5.26 Å². The molecule has 1 saturated heterocycles. The maximum atomic E-state index is 11.8. The van der Waals surface area contributed by atoms with Gasteiger partial charge in [0.15, 0.2) is 0 Å². The van der Waals surface area contributed by atoms with Crippen LogP contribution in [0, 0.1) is 17.9 Å². The number of pyridine rings is 1. The normalized spacial score (nSPS) is 14.5. The quantitative estimate of drug-likeness (QED) is 0.373. The van der Waals surface area contributed by atoms with E-state index in [-0.39, 0.29) is 0 Å². The Hall–Kier alpha value is -2.79. The predicted octanol–water partition coefficient (Wildman–Crippen LogP) is 4.72. The highest BCUT2D eigenvalue weighted by molar-refractivity contribution is 7.98. The highest BCUT2D eigenvalue weighted by Gasteiger charge is 2.26. The van der Waals surface area contributed by atoms with Crippen LogP contribution in [-0.2, 0) is 22.2 Å². The lowest BCUT2D eigenvalue weighted by Gasteiger charge is -2.35. The van der Waals surface area contributed by atoms with E-state index in [0.717, 1.165) is 37.1 Å². The van der Waals surface area contributed by atoms with Crippen molar-refractivity contribution in [3.63, 3.8) is 0 Å². The molecule has 1 aliphatic heterocycles. The van der Waals surface area contributed by atoms with E-state index in [2.05, 4.69) is 35.0 Å². The van der Waals surface area contributed by atoms with Gasteiger partial charge in [0.2, 0.25) is 15.7 Å². The number of hydrogen-bond acceptors (Lipinski definition) is 7. The lowest BCUT2D eigenvalue weighted by Crippen LogP contribution is -2.45. The Balaban J connectivity index is 1.86. The lowest BCUT2D eigenvalue weighted by atomic mass is 10.0. The Kier molecular flexibility index (Phi) is 9.24. The summed E-state index contributed by atoms with van der Waals surface area (Å²) in [5.74, 6) is 1.25. The van der Waals surface area contributed by atoms with Crippen molar-refractivity contribution in [2.24, 2.45) is 0 Å². The molecule has 1 aromatic carbocycles. The highest BCUT2D eigenvalue weighted by atomic mass is 32.2. The molecule has 10 heteroatoms. The highest BCUT2D eigenvalue weighted by Crippen LogP contribution is 2.39. The molecule has 0 radical (unpaired) electrons. The van der Waals surface area contributed by atoms with Crippen molar-refractivity contribution in [2.75, 3.05) is 35.6 Å². The first-order valence-electron chi connectivity index (χ1n) is 12.1. The zero-order chi connectivity index (χ0) is 26.5. The molecule has 8 nitrogen and oxygen atoms in total. The summed E-state index contributed by atoms with van der Waals surface area (Å²) in [4.78, 5) is 10.9. The number of hydrogen-bond donors (Lipinski definition) is 1. The molecule has 1 N–H and O–H groups in total. The minimum Gasteiger partial charge on any atom is -0.365 e. The van der Waals surface area contributed by atoms with Gasteiger partial charge < -0.3 is 10.2 Å². The number of anilines is 2. The van der Waals surface area contributed by atoms with Gasteiger partial charge in [-0.15, -0.1) is 11.8 Å². The van der Waals surface area contributed by atoms with Crippen molar-refractivity contribution < 1.29 is 8.42 Å². The Morgan fingerprint density at radius 2 is 1.94 bits per heavy atom. The molecular weight excluding hydrogens is 492 g/mol. The average molecular weight is 527 g/mol. The van der Waals surface area contributed by atoms with Crippen LogP contribution < -0.4 is 14.5 Å². The zero-order valence-electron chi connectivity index (χ0n) is 21.6. The largest absolute Gasteiger partial charge is 0.365 e. The van der Waals surface area contributed by atoms with Crippen molar-refractivity contribution >= 4 is 39.0 Å². The second-order valence-electron chi connectivity index (χ2n) is 9.29. The molecule has 0 saturated carbocycles. The van der Waals surface area contributed by atoms with Gasteiger partial charge in [0.05, 0.1) is 24.1 Å². The van der Waals surface area contributed by atoms with Gasteiger partial charge >= 0.3 is 0 Å². The number of nitriles is 1. The maximum Gasteiger partial charge on any atom is 0.232 e. The number of aromatic nitrogens is 1. The van der Waals surface area contributed by atoms with Gasteiger partial charge in [-0.3, -0.25) is 4.31 Å². The van der Waals surface area contributed by atoms with E-state index in [1.807, 2.05) is 19.1 Å². The standard InChI is InChI=1S/C26H34N6O2S2/c1-7-22-23(16-27)26(35-17-19-8-10-21(11-9-19)31(5)36(6,33)34)30-25(24(22)28-4)32-14-12-20(13-15-32)29-18(2)3/h8-11,18,20,29H,7,12-15,17H2,1-3,5-6H3. The molecule has 1 aromatic heterocycles. The first kappa shape index (κ1) is 27.8. The first-order chi connectivity index (χ1) is 17.1. The van der Waals surface area contributed by atoms with E-state index in [4.69, 9.17) is 11.6 Å². The molecule has 1 fully saturated rings. The summed E-state index contributed by atoms with van der Waals surface area (Å²) in [6.45, 7) is 15.7. The van der Waals surface area contributed by atoms with E-state index in [0.29, 0.717) is 52.0 Å². The van der Waals surface area contributed by atoms with E-state index >= 15 is 0 Å². The van der Waals surface area contributed by atoms with E-state index in [1.54, 1.807) is 12.1 Å². The number of sulfonamides is 1. The molecule has 0 atom stereocenters. The minimum atomic E-state index is -3.32. The first-order valence-corrected chi connectivity index (χ1v) is 14.9. The second kappa shape index (κ2) is 12.0. The van der Waals surface area contributed by atoms with Crippen molar-refractivity contribution in [1.29, 1.82) is 5.26 Å². The van der Waals surface area contributed by atoms with E-state index < -0.39 is 10.0 Å². The molecular formula is C26H34N6O2S2. The molecule has 36 heavy (non-hydrogen) atoms. The van der Waals surface area contributed by atoms with Crippen molar-refractivity contribution in [3.05, 3.63) is 52.4 Å². The van der Waals surface area contributed by atoms with Crippen LogP contribution in [0.25, 0.3) is 4.85 Å². The summed E-state index contributed by atoms with van der Waals surface area (Å²) in [7, 11) is -1.80. The van der Waals surface area contributed by atoms with Crippen LogP contribution in [0.15, 0.2) is 29.3 Å². The van der Waals surface area contributed by atoms with Crippen LogP contribution >= 0.6 is 11.8 Å². The number of nitrogens with one attached hydrogen (secondary N) is 1.